The molecule has 0 aliphatic heterocycles. The van der Waals surface area contributed by atoms with Gasteiger partial charge in [-0.3, -0.25) is 0 Å². The van der Waals surface area contributed by atoms with Gasteiger partial charge in [0.15, 0.2) is 5.11 Å². The first kappa shape index (κ1) is 15.8. The standard InChI is InChI=1S/C18H19N3S2/c1-2-9-19-18(22)21-12-15(17-8-5-10-23-17)14-11-20-16-7-4-3-6-13(14)16/h2-8,10-11,15,20H,1,9,12H2,(H2,19,21,22)/t15-/m1/s1. The third-order valence-electron chi connectivity index (χ3n) is 3.76. The first-order valence-corrected chi connectivity index (χ1v) is 8.80. The summed E-state index contributed by atoms with van der Waals surface area (Å²) in [6, 6.07) is 12.7. The number of benzene rings is 1. The molecule has 0 amide bonds. The molecule has 2 heterocycles. The number of fused-ring (bicyclic) bond motifs is 1. The minimum absolute atomic E-state index is 0.259. The molecule has 0 saturated heterocycles. The van der Waals surface area contributed by atoms with Crippen LogP contribution >= 0.6 is 23.6 Å². The van der Waals surface area contributed by atoms with Gasteiger partial charge >= 0.3 is 0 Å². The Labute approximate surface area is 145 Å². The van der Waals surface area contributed by atoms with Crippen molar-refractivity contribution in [1.82, 2.24) is 15.6 Å². The van der Waals surface area contributed by atoms with Gasteiger partial charge < -0.3 is 15.6 Å². The lowest BCUT2D eigenvalue weighted by atomic mass is 9.97. The molecular weight excluding hydrogens is 322 g/mol. The maximum atomic E-state index is 5.32. The molecule has 0 fully saturated rings. The lowest BCUT2D eigenvalue weighted by molar-refractivity contribution is 0.762. The molecule has 1 aromatic carbocycles. The van der Waals surface area contributed by atoms with Crippen molar-refractivity contribution in [2.24, 2.45) is 0 Å². The number of H-pyrrole nitrogens is 1. The predicted octanol–water partition coefficient (Wildman–Crippen LogP) is 4.01. The topological polar surface area (TPSA) is 39.8 Å². The van der Waals surface area contributed by atoms with E-state index < -0.39 is 0 Å². The number of para-hydroxylation sites is 1. The molecule has 2 aromatic heterocycles. The first-order chi connectivity index (χ1) is 11.3. The lowest BCUT2D eigenvalue weighted by Gasteiger charge is -2.17. The van der Waals surface area contributed by atoms with E-state index in [1.807, 2.05) is 0 Å². The van der Waals surface area contributed by atoms with Gasteiger partial charge in [-0.1, -0.05) is 30.3 Å². The van der Waals surface area contributed by atoms with Crippen LogP contribution in [-0.4, -0.2) is 23.2 Å². The second-order valence-corrected chi connectivity index (χ2v) is 6.62. The molecule has 23 heavy (non-hydrogen) atoms. The fraction of sp³-hybridized carbons (Fsp3) is 0.167. The zero-order valence-electron chi connectivity index (χ0n) is 12.7. The van der Waals surface area contributed by atoms with E-state index in [2.05, 4.69) is 70.2 Å². The average Bonchev–Trinajstić information content (AvgIpc) is 3.24. The van der Waals surface area contributed by atoms with E-state index in [1.54, 1.807) is 17.4 Å². The fourth-order valence-electron chi connectivity index (χ4n) is 2.66. The predicted molar refractivity (Wildman–Crippen MR) is 103 cm³/mol. The summed E-state index contributed by atoms with van der Waals surface area (Å²) in [5.41, 5.74) is 2.46. The fourth-order valence-corrected chi connectivity index (χ4v) is 3.67. The van der Waals surface area contributed by atoms with Crippen molar-refractivity contribution >= 4 is 39.6 Å². The van der Waals surface area contributed by atoms with Crippen LogP contribution in [0.5, 0.6) is 0 Å². The monoisotopic (exact) mass is 341 g/mol. The van der Waals surface area contributed by atoms with Gasteiger partial charge in [-0.15, -0.1) is 17.9 Å². The van der Waals surface area contributed by atoms with E-state index >= 15 is 0 Å². The van der Waals surface area contributed by atoms with Gasteiger partial charge in [0.05, 0.1) is 0 Å². The summed E-state index contributed by atoms with van der Waals surface area (Å²) in [7, 11) is 0. The summed E-state index contributed by atoms with van der Waals surface area (Å²) in [6.45, 7) is 5.12. The Hall–Kier alpha value is -2.11. The highest BCUT2D eigenvalue weighted by molar-refractivity contribution is 7.80. The second kappa shape index (κ2) is 7.44. The quantitative estimate of drug-likeness (QED) is 0.469. The average molecular weight is 342 g/mol. The highest BCUT2D eigenvalue weighted by Gasteiger charge is 2.19. The second-order valence-electron chi connectivity index (χ2n) is 5.24. The van der Waals surface area contributed by atoms with Crippen molar-refractivity contribution in [1.29, 1.82) is 0 Å². The highest BCUT2D eigenvalue weighted by atomic mass is 32.1. The summed E-state index contributed by atoms with van der Waals surface area (Å²) in [5, 5.41) is 10.5. The normalized spacial score (nSPS) is 12.0. The van der Waals surface area contributed by atoms with Gasteiger partial charge in [0.2, 0.25) is 0 Å². The number of hydrogen-bond acceptors (Lipinski definition) is 2. The summed E-state index contributed by atoms with van der Waals surface area (Å²) in [4.78, 5) is 4.70. The van der Waals surface area contributed by atoms with Crippen LogP contribution in [0.3, 0.4) is 0 Å². The van der Waals surface area contributed by atoms with Crippen molar-refractivity contribution in [3.05, 3.63) is 71.1 Å². The number of aromatic amines is 1. The molecule has 1 atom stereocenters. The van der Waals surface area contributed by atoms with Gasteiger partial charge in [0, 0.05) is 41.0 Å². The number of rotatable bonds is 6. The van der Waals surface area contributed by atoms with Crippen LogP contribution in [0.15, 0.2) is 60.6 Å². The van der Waals surface area contributed by atoms with Crippen LogP contribution in [0.2, 0.25) is 0 Å². The Morgan fingerprint density at radius 3 is 2.91 bits per heavy atom. The molecule has 118 valence electrons. The maximum absolute atomic E-state index is 5.32. The molecule has 0 saturated carbocycles. The van der Waals surface area contributed by atoms with Crippen LogP contribution in [0.4, 0.5) is 0 Å². The van der Waals surface area contributed by atoms with Crippen LogP contribution < -0.4 is 10.6 Å². The number of nitrogens with one attached hydrogen (secondary N) is 3. The van der Waals surface area contributed by atoms with E-state index in [9.17, 15) is 0 Å². The van der Waals surface area contributed by atoms with Crippen molar-refractivity contribution in [2.45, 2.75) is 5.92 Å². The molecule has 5 heteroatoms. The highest BCUT2D eigenvalue weighted by Crippen LogP contribution is 2.32. The van der Waals surface area contributed by atoms with E-state index in [1.165, 1.54) is 15.8 Å². The zero-order valence-corrected chi connectivity index (χ0v) is 14.3. The zero-order chi connectivity index (χ0) is 16.1. The van der Waals surface area contributed by atoms with Gasteiger partial charge in [-0.2, -0.15) is 0 Å². The van der Waals surface area contributed by atoms with E-state index in [-0.39, 0.29) is 5.92 Å². The summed E-state index contributed by atoms with van der Waals surface area (Å²) in [5.74, 6) is 0.259. The summed E-state index contributed by atoms with van der Waals surface area (Å²) in [6.07, 6.45) is 3.90. The van der Waals surface area contributed by atoms with Crippen LogP contribution in [0.1, 0.15) is 16.4 Å². The molecule has 0 bridgehead atoms. The molecule has 0 radical (unpaired) electrons. The Morgan fingerprint density at radius 2 is 2.13 bits per heavy atom. The van der Waals surface area contributed by atoms with Crippen molar-refractivity contribution in [2.75, 3.05) is 13.1 Å². The third kappa shape index (κ3) is 3.63. The largest absolute Gasteiger partial charge is 0.362 e. The van der Waals surface area contributed by atoms with Crippen LogP contribution in [-0.2, 0) is 0 Å². The van der Waals surface area contributed by atoms with Crippen LogP contribution in [0.25, 0.3) is 10.9 Å². The third-order valence-corrected chi connectivity index (χ3v) is 5.03. The minimum atomic E-state index is 0.259. The minimum Gasteiger partial charge on any atom is -0.362 e. The smallest absolute Gasteiger partial charge is 0.166 e. The number of hydrogen-bond donors (Lipinski definition) is 3. The summed E-state index contributed by atoms with van der Waals surface area (Å²) < 4.78 is 0. The molecule has 0 aliphatic carbocycles. The molecular formula is C18H19N3S2. The van der Waals surface area contributed by atoms with E-state index in [4.69, 9.17) is 12.2 Å². The molecule has 3 rings (SSSR count). The number of thiophene rings is 1. The van der Waals surface area contributed by atoms with Crippen molar-refractivity contribution in [3.8, 4) is 0 Å². The molecule has 3 nitrogen and oxygen atoms in total. The Kier molecular flexibility index (Phi) is 5.10. The van der Waals surface area contributed by atoms with Gasteiger partial charge in [-0.25, -0.2) is 0 Å². The lowest BCUT2D eigenvalue weighted by Crippen LogP contribution is -2.37. The molecule has 0 aliphatic rings. The number of aromatic nitrogens is 1. The SMILES string of the molecule is C=CCNC(=S)NC[C@@H](c1cccs1)c1c[nH]c2ccccc12. The first-order valence-electron chi connectivity index (χ1n) is 7.51. The maximum Gasteiger partial charge on any atom is 0.166 e. The van der Waals surface area contributed by atoms with Gasteiger partial charge in [-0.05, 0) is 35.3 Å². The van der Waals surface area contributed by atoms with E-state index in [0.717, 1.165) is 12.1 Å². The van der Waals surface area contributed by atoms with Crippen molar-refractivity contribution in [3.63, 3.8) is 0 Å². The molecule has 3 aromatic rings. The summed E-state index contributed by atoms with van der Waals surface area (Å²) >= 11 is 7.09. The van der Waals surface area contributed by atoms with E-state index in [0.29, 0.717) is 11.7 Å². The molecule has 0 unspecified atom stereocenters. The van der Waals surface area contributed by atoms with Crippen LogP contribution in [0, 0.1) is 0 Å². The Bertz CT molecular complexity index is 790. The van der Waals surface area contributed by atoms with Crippen molar-refractivity contribution < 1.29 is 0 Å². The van der Waals surface area contributed by atoms with Gasteiger partial charge in [0.1, 0.15) is 0 Å². The Morgan fingerprint density at radius 1 is 1.26 bits per heavy atom. The molecule has 3 N–H and O–H groups in total. The Balaban J connectivity index is 1.85. The number of thiocarbonyl (C=S) groups is 1. The molecule has 0 spiro atoms. The van der Waals surface area contributed by atoms with Gasteiger partial charge in [0.25, 0.3) is 0 Å².